The van der Waals surface area contributed by atoms with Gasteiger partial charge in [0.25, 0.3) is 0 Å². The van der Waals surface area contributed by atoms with Gasteiger partial charge in [0.2, 0.25) is 6.79 Å². The molecule has 1 heterocycles. The van der Waals surface area contributed by atoms with Crippen LogP contribution in [0.15, 0.2) is 36.0 Å². The average Bonchev–Trinajstić information content (AvgIpc) is 2.34. The molecule has 0 unspecified atom stereocenters. The molecule has 0 spiro atoms. The first kappa shape index (κ1) is 7.72. The predicted molar refractivity (Wildman–Crippen MR) is 40.6 cm³/mol. The summed E-state index contributed by atoms with van der Waals surface area (Å²) in [5.74, 6) is 1.28. The van der Waals surface area contributed by atoms with Gasteiger partial charge in [-0.3, -0.25) is 0 Å². The van der Waals surface area contributed by atoms with Crippen LogP contribution in [0.1, 0.15) is 6.92 Å². The molecule has 0 aromatic heterocycles. The number of ether oxygens (including phenoxy) is 2. The van der Waals surface area contributed by atoms with E-state index in [9.17, 15) is 0 Å². The highest BCUT2D eigenvalue weighted by molar-refractivity contribution is 5.25. The molecule has 0 fully saturated rings. The van der Waals surface area contributed by atoms with Gasteiger partial charge in [-0.1, -0.05) is 6.58 Å². The van der Waals surface area contributed by atoms with Crippen LogP contribution in [0.2, 0.25) is 0 Å². The van der Waals surface area contributed by atoms with Crippen LogP contribution in [0.5, 0.6) is 0 Å². The Kier molecular flexibility index (Phi) is 2.21. The fourth-order valence-electron chi connectivity index (χ4n) is 0.761. The zero-order chi connectivity index (χ0) is 8.27. The lowest BCUT2D eigenvalue weighted by molar-refractivity contribution is 0.0775. The largest absolute Gasteiger partial charge is 0.512 e. The summed E-state index contributed by atoms with van der Waals surface area (Å²) in [6.45, 7) is 5.29. The van der Waals surface area contributed by atoms with E-state index in [4.69, 9.17) is 14.6 Å². The number of hydrogen-bond acceptors (Lipinski definition) is 3. The van der Waals surface area contributed by atoms with E-state index in [-0.39, 0.29) is 12.6 Å². The van der Waals surface area contributed by atoms with Crippen molar-refractivity contribution >= 4 is 0 Å². The van der Waals surface area contributed by atoms with Gasteiger partial charge in [0.1, 0.15) is 0 Å². The van der Waals surface area contributed by atoms with E-state index < -0.39 is 0 Å². The maximum Gasteiger partial charge on any atom is 0.231 e. The molecule has 0 aromatic rings. The molecule has 1 aliphatic rings. The normalized spacial score (nSPS) is 17.7. The number of hydrogen-bond donors (Lipinski definition) is 1. The van der Waals surface area contributed by atoms with Crippen LogP contribution in [0.25, 0.3) is 0 Å². The third-order valence-electron chi connectivity index (χ3n) is 1.20. The quantitative estimate of drug-likeness (QED) is 0.617. The van der Waals surface area contributed by atoms with Crippen LogP contribution in [-0.2, 0) is 9.47 Å². The first-order chi connectivity index (χ1) is 5.24. The van der Waals surface area contributed by atoms with Gasteiger partial charge in [0, 0.05) is 6.08 Å². The molecule has 0 amide bonds. The number of aliphatic hydroxyl groups is 1. The van der Waals surface area contributed by atoms with Gasteiger partial charge in [-0.15, -0.1) is 0 Å². The second-order valence-corrected chi connectivity index (χ2v) is 2.12. The van der Waals surface area contributed by atoms with Crippen LogP contribution in [0.3, 0.4) is 0 Å². The maximum atomic E-state index is 8.88. The van der Waals surface area contributed by atoms with Crippen molar-refractivity contribution in [1.82, 2.24) is 0 Å². The van der Waals surface area contributed by atoms with Gasteiger partial charge in [-0.2, -0.15) is 0 Å². The zero-order valence-corrected chi connectivity index (χ0v) is 6.33. The Morgan fingerprint density at radius 3 is 2.73 bits per heavy atom. The number of allylic oxidation sites excluding steroid dienone is 3. The van der Waals surface area contributed by atoms with Gasteiger partial charge in [-0.05, 0) is 13.0 Å². The van der Waals surface area contributed by atoms with Crippen LogP contribution >= 0.6 is 0 Å². The molecule has 3 nitrogen and oxygen atoms in total. The summed E-state index contributed by atoms with van der Waals surface area (Å²) in [7, 11) is 0. The number of aliphatic hydroxyl groups excluding tert-OH is 1. The van der Waals surface area contributed by atoms with E-state index in [2.05, 4.69) is 6.58 Å². The highest BCUT2D eigenvalue weighted by Gasteiger charge is 2.11. The van der Waals surface area contributed by atoms with Crippen LogP contribution < -0.4 is 0 Å². The van der Waals surface area contributed by atoms with Crippen molar-refractivity contribution in [3.05, 3.63) is 36.0 Å². The third kappa shape index (κ3) is 1.77. The van der Waals surface area contributed by atoms with Crippen LogP contribution in [0, 0.1) is 0 Å². The molecule has 11 heavy (non-hydrogen) atoms. The molecule has 0 aromatic carbocycles. The lowest BCUT2D eigenvalue weighted by atomic mass is 10.3. The van der Waals surface area contributed by atoms with Gasteiger partial charge in [0.05, 0.1) is 5.76 Å². The van der Waals surface area contributed by atoms with E-state index in [1.54, 1.807) is 13.0 Å². The molecular weight excluding hydrogens is 144 g/mol. The summed E-state index contributed by atoms with van der Waals surface area (Å²) in [6, 6.07) is 0. The maximum absolute atomic E-state index is 8.88. The Hall–Kier alpha value is -1.38. The Bertz CT molecular complexity index is 221. The molecule has 60 valence electrons. The molecule has 0 atom stereocenters. The van der Waals surface area contributed by atoms with Crippen molar-refractivity contribution in [1.29, 1.82) is 0 Å². The summed E-state index contributed by atoms with van der Waals surface area (Å²) in [4.78, 5) is 0. The molecule has 0 saturated carbocycles. The lowest BCUT2D eigenvalue weighted by Gasteiger charge is -1.92. The summed E-state index contributed by atoms with van der Waals surface area (Å²) in [5, 5.41) is 8.88. The molecule has 1 rings (SSSR count). The average molecular weight is 154 g/mol. The standard InChI is InChI=1S/C8H10O3/c1-3-7-8(4-6(2)9)11-5-10-7/h3-4,9H,1,5H2,2H3/b6-4+. The van der Waals surface area contributed by atoms with Gasteiger partial charge < -0.3 is 14.6 Å². The Morgan fingerprint density at radius 1 is 1.55 bits per heavy atom. The molecule has 1 N–H and O–H groups in total. The minimum atomic E-state index is 0.185. The number of rotatable bonds is 2. The first-order valence-corrected chi connectivity index (χ1v) is 3.23. The van der Waals surface area contributed by atoms with E-state index in [1.165, 1.54) is 6.08 Å². The van der Waals surface area contributed by atoms with E-state index in [0.29, 0.717) is 11.5 Å². The SMILES string of the molecule is C=CC1=C(/C=C(\C)O)OCO1. The molecule has 0 aliphatic carbocycles. The molecule has 1 aliphatic heterocycles. The molecule has 0 saturated heterocycles. The summed E-state index contributed by atoms with van der Waals surface area (Å²) in [6.07, 6.45) is 3.03. The molecule has 3 heteroatoms. The van der Waals surface area contributed by atoms with E-state index in [1.807, 2.05) is 0 Å². The van der Waals surface area contributed by atoms with Crippen molar-refractivity contribution in [2.24, 2.45) is 0 Å². The Balaban J connectivity index is 2.83. The molecule has 0 radical (unpaired) electrons. The minimum absolute atomic E-state index is 0.185. The van der Waals surface area contributed by atoms with Crippen LogP contribution in [0.4, 0.5) is 0 Å². The summed E-state index contributed by atoms with van der Waals surface area (Å²) in [5.41, 5.74) is 0. The fourth-order valence-corrected chi connectivity index (χ4v) is 0.761. The highest BCUT2D eigenvalue weighted by atomic mass is 16.7. The first-order valence-electron chi connectivity index (χ1n) is 3.23. The second kappa shape index (κ2) is 3.14. The molecular formula is C8H10O3. The van der Waals surface area contributed by atoms with Crippen molar-refractivity contribution in [3.63, 3.8) is 0 Å². The topological polar surface area (TPSA) is 38.7 Å². The second-order valence-electron chi connectivity index (χ2n) is 2.12. The minimum Gasteiger partial charge on any atom is -0.512 e. The zero-order valence-electron chi connectivity index (χ0n) is 6.33. The van der Waals surface area contributed by atoms with Crippen molar-refractivity contribution in [2.45, 2.75) is 6.92 Å². The summed E-state index contributed by atoms with van der Waals surface area (Å²) >= 11 is 0. The van der Waals surface area contributed by atoms with Gasteiger partial charge in [0.15, 0.2) is 11.5 Å². The Morgan fingerprint density at radius 2 is 2.18 bits per heavy atom. The smallest absolute Gasteiger partial charge is 0.231 e. The lowest BCUT2D eigenvalue weighted by Crippen LogP contribution is -1.82. The Labute approximate surface area is 65.2 Å². The summed E-state index contributed by atoms with van der Waals surface area (Å²) < 4.78 is 10.0. The van der Waals surface area contributed by atoms with E-state index in [0.717, 1.165) is 0 Å². The van der Waals surface area contributed by atoms with Crippen molar-refractivity contribution < 1.29 is 14.6 Å². The molecule has 0 bridgehead atoms. The monoisotopic (exact) mass is 154 g/mol. The fraction of sp³-hybridized carbons (Fsp3) is 0.250. The predicted octanol–water partition coefficient (Wildman–Crippen LogP) is 1.85. The van der Waals surface area contributed by atoms with E-state index >= 15 is 0 Å². The van der Waals surface area contributed by atoms with Gasteiger partial charge in [-0.25, -0.2) is 0 Å². The van der Waals surface area contributed by atoms with Crippen molar-refractivity contribution in [3.8, 4) is 0 Å². The van der Waals surface area contributed by atoms with Gasteiger partial charge >= 0.3 is 0 Å². The van der Waals surface area contributed by atoms with Crippen molar-refractivity contribution in [2.75, 3.05) is 6.79 Å². The third-order valence-corrected chi connectivity index (χ3v) is 1.20. The van der Waals surface area contributed by atoms with Crippen LogP contribution in [-0.4, -0.2) is 11.9 Å². The highest BCUT2D eigenvalue weighted by Crippen LogP contribution is 2.18.